The second-order valence-corrected chi connectivity index (χ2v) is 9.25. The lowest BCUT2D eigenvalue weighted by Gasteiger charge is -2.18. The number of aryl methyl sites for hydroxylation is 3. The minimum Gasteiger partial charge on any atom is -0.490 e. The normalized spacial score (nSPS) is 13.1. The Labute approximate surface area is 211 Å². The molecule has 1 unspecified atom stereocenters. The third-order valence-corrected chi connectivity index (χ3v) is 5.98. The first-order valence-corrected chi connectivity index (χ1v) is 12.2. The van der Waals surface area contributed by atoms with Crippen LogP contribution in [0.15, 0.2) is 34.9 Å². The van der Waals surface area contributed by atoms with E-state index in [4.69, 9.17) is 15.0 Å². The maximum absolute atomic E-state index is 11.0. The third kappa shape index (κ3) is 6.69. The Hall–Kier alpha value is -3.27. The topological polar surface area (TPSA) is 135 Å². The predicted octanol–water partition coefficient (Wildman–Crippen LogP) is 2.87. The molecule has 0 bridgehead atoms. The smallest absolute Gasteiger partial charge is 0.258 e. The molecule has 0 radical (unpaired) electrons. The van der Waals surface area contributed by atoms with Crippen LogP contribution in [-0.2, 0) is 24.2 Å². The van der Waals surface area contributed by atoms with Crippen molar-refractivity contribution in [3.63, 3.8) is 0 Å². The largest absolute Gasteiger partial charge is 0.490 e. The van der Waals surface area contributed by atoms with Gasteiger partial charge in [-0.2, -0.15) is 4.98 Å². The summed E-state index contributed by atoms with van der Waals surface area (Å²) >= 11 is 0. The van der Waals surface area contributed by atoms with Crippen LogP contribution in [-0.4, -0.2) is 64.1 Å². The maximum atomic E-state index is 11.0. The molecule has 36 heavy (non-hydrogen) atoms. The molecule has 2 aromatic carbocycles. The number of nitrogens with zero attached hydrogens (tertiary/aromatic N) is 3. The molecule has 0 spiro atoms. The first kappa shape index (κ1) is 27.3. The van der Waals surface area contributed by atoms with E-state index in [0.717, 1.165) is 35.2 Å². The highest BCUT2D eigenvalue weighted by atomic mass is 16.5. The molecule has 0 aliphatic heterocycles. The number of benzene rings is 2. The van der Waals surface area contributed by atoms with Gasteiger partial charge >= 0.3 is 0 Å². The number of hydrogen-bond donors (Lipinski definition) is 3. The Bertz CT molecular complexity index is 1190. The number of amides is 1. The Kier molecular flexibility index (Phi) is 9.19. The summed E-state index contributed by atoms with van der Waals surface area (Å²) in [5.74, 6) is 0.707. The molecule has 0 aliphatic carbocycles. The van der Waals surface area contributed by atoms with Crippen LogP contribution in [0.2, 0.25) is 0 Å². The summed E-state index contributed by atoms with van der Waals surface area (Å²) in [6.45, 7) is 6.83. The number of hydrogen-bond acceptors (Lipinski definition) is 8. The Balaban J connectivity index is 1.81. The lowest BCUT2D eigenvalue weighted by molar-refractivity contribution is -0.127. The number of nitrogens with two attached hydrogens (primary N) is 1. The van der Waals surface area contributed by atoms with Crippen molar-refractivity contribution in [1.29, 1.82) is 0 Å². The second kappa shape index (κ2) is 12.1. The van der Waals surface area contributed by atoms with Crippen LogP contribution < -0.4 is 10.5 Å². The first-order valence-electron chi connectivity index (χ1n) is 12.2. The number of carbonyl (C=O) groups is 1. The van der Waals surface area contributed by atoms with Gasteiger partial charge in [0.25, 0.3) is 5.89 Å². The van der Waals surface area contributed by atoms with Crippen molar-refractivity contribution in [1.82, 2.24) is 15.0 Å². The molecule has 1 heterocycles. The van der Waals surface area contributed by atoms with Gasteiger partial charge in [-0.3, -0.25) is 4.79 Å². The summed E-state index contributed by atoms with van der Waals surface area (Å²) in [5, 5.41) is 23.9. The van der Waals surface area contributed by atoms with Crippen LogP contribution in [0.1, 0.15) is 42.5 Å². The molecule has 194 valence electrons. The van der Waals surface area contributed by atoms with Crippen molar-refractivity contribution < 1.29 is 24.3 Å². The zero-order valence-electron chi connectivity index (χ0n) is 21.6. The number of rotatable bonds is 12. The molecule has 2 atom stereocenters. The number of aliphatic hydroxyl groups is 2. The molecule has 1 amide bonds. The monoisotopic (exact) mass is 496 g/mol. The van der Waals surface area contributed by atoms with Gasteiger partial charge in [0.2, 0.25) is 11.7 Å². The van der Waals surface area contributed by atoms with Crippen molar-refractivity contribution in [2.75, 3.05) is 20.7 Å². The van der Waals surface area contributed by atoms with Crippen LogP contribution in [0.25, 0.3) is 22.8 Å². The van der Waals surface area contributed by atoms with E-state index in [0.29, 0.717) is 23.9 Å². The summed E-state index contributed by atoms with van der Waals surface area (Å²) in [6.07, 6.45) is -1.04. The molecule has 3 rings (SSSR count). The minimum atomic E-state index is -1.41. The lowest BCUT2D eigenvalue weighted by Crippen LogP contribution is -2.33. The Morgan fingerprint density at radius 1 is 1.08 bits per heavy atom. The van der Waals surface area contributed by atoms with E-state index in [9.17, 15) is 15.0 Å². The van der Waals surface area contributed by atoms with Crippen molar-refractivity contribution in [2.45, 2.75) is 58.8 Å². The van der Waals surface area contributed by atoms with Gasteiger partial charge in [-0.05, 0) is 80.4 Å². The second-order valence-electron chi connectivity index (χ2n) is 9.25. The Morgan fingerprint density at radius 3 is 2.42 bits per heavy atom. The molecule has 4 N–H and O–H groups in total. The molecular formula is C27H36N4O5. The van der Waals surface area contributed by atoms with Crippen LogP contribution in [0, 0.1) is 6.92 Å². The first-order chi connectivity index (χ1) is 17.1. The van der Waals surface area contributed by atoms with Crippen LogP contribution in [0.4, 0.5) is 0 Å². The number of aliphatic hydroxyl groups excluding tert-OH is 2. The minimum absolute atomic E-state index is 0.0759. The van der Waals surface area contributed by atoms with Gasteiger partial charge in [0, 0.05) is 24.1 Å². The molecule has 0 saturated heterocycles. The van der Waals surface area contributed by atoms with Gasteiger partial charge in [0.15, 0.2) is 0 Å². The SMILES string of the molecule is CCc1cc(-c2nc(-c3cc(C)c(OC[C@@H](O)CC(O)C(N)=O)c(CC)c3)no2)ccc1CN(C)C. The molecule has 0 saturated carbocycles. The van der Waals surface area contributed by atoms with Gasteiger partial charge in [-0.15, -0.1) is 0 Å². The van der Waals surface area contributed by atoms with E-state index in [-0.39, 0.29) is 13.0 Å². The quantitative estimate of drug-likeness (QED) is 0.348. The number of carbonyl (C=O) groups excluding carboxylic acids is 1. The number of aromatic nitrogens is 2. The number of primary amides is 1. The van der Waals surface area contributed by atoms with Crippen molar-refractivity contribution in [3.8, 4) is 28.6 Å². The molecule has 3 aromatic rings. The van der Waals surface area contributed by atoms with Crippen LogP contribution >= 0.6 is 0 Å². The summed E-state index contributed by atoms with van der Waals surface area (Å²) in [7, 11) is 4.11. The summed E-state index contributed by atoms with van der Waals surface area (Å²) in [4.78, 5) is 17.8. The average molecular weight is 497 g/mol. The third-order valence-electron chi connectivity index (χ3n) is 5.98. The van der Waals surface area contributed by atoms with Gasteiger partial charge in [-0.1, -0.05) is 25.1 Å². The van der Waals surface area contributed by atoms with E-state index >= 15 is 0 Å². The van der Waals surface area contributed by atoms with Crippen LogP contribution in [0.3, 0.4) is 0 Å². The molecule has 0 aliphatic rings. The molecule has 1 aromatic heterocycles. The fourth-order valence-electron chi connectivity index (χ4n) is 4.11. The molecule has 9 nitrogen and oxygen atoms in total. The van der Waals surface area contributed by atoms with E-state index in [2.05, 4.69) is 48.2 Å². The highest BCUT2D eigenvalue weighted by Gasteiger charge is 2.19. The highest BCUT2D eigenvalue weighted by Crippen LogP contribution is 2.32. The van der Waals surface area contributed by atoms with E-state index < -0.39 is 18.1 Å². The predicted molar refractivity (Wildman–Crippen MR) is 137 cm³/mol. The van der Waals surface area contributed by atoms with E-state index in [1.807, 2.05) is 32.0 Å². The summed E-state index contributed by atoms with van der Waals surface area (Å²) in [5.41, 5.74) is 11.0. The fraction of sp³-hybridized carbons (Fsp3) is 0.444. The lowest BCUT2D eigenvalue weighted by atomic mass is 10.0. The van der Waals surface area contributed by atoms with Gasteiger partial charge < -0.3 is 30.1 Å². The zero-order valence-corrected chi connectivity index (χ0v) is 21.6. The zero-order chi connectivity index (χ0) is 26.4. The van der Waals surface area contributed by atoms with E-state index in [1.54, 1.807) is 0 Å². The molecular weight excluding hydrogens is 460 g/mol. The van der Waals surface area contributed by atoms with Crippen molar-refractivity contribution in [2.24, 2.45) is 5.73 Å². The Morgan fingerprint density at radius 2 is 1.78 bits per heavy atom. The number of ether oxygens (including phenoxy) is 1. The van der Waals surface area contributed by atoms with Crippen molar-refractivity contribution in [3.05, 3.63) is 52.6 Å². The fourth-order valence-corrected chi connectivity index (χ4v) is 4.11. The van der Waals surface area contributed by atoms with Crippen LogP contribution in [0.5, 0.6) is 5.75 Å². The standard InChI is InChI=1S/C27H36N4O5/c1-6-17-11-19(8-9-20(17)14-31(4)5)27-29-26(30-36-27)21-10-16(3)24(18(7-2)12-21)35-15-22(32)13-23(33)25(28)34/h8-12,22-23,32-33H,6-7,13-15H2,1-5H3,(H2,28,34)/t22-,23?/m0/s1. The van der Waals surface area contributed by atoms with E-state index in [1.165, 1.54) is 11.1 Å². The summed E-state index contributed by atoms with van der Waals surface area (Å²) < 4.78 is 11.5. The van der Waals surface area contributed by atoms with Gasteiger partial charge in [-0.25, -0.2) is 0 Å². The average Bonchev–Trinajstić information content (AvgIpc) is 3.33. The molecule has 0 fully saturated rings. The van der Waals surface area contributed by atoms with Gasteiger partial charge in [0.05, 0.1) is 6.10 Å². The van der Waals surface area contributed by atoms with Crippen molar-refractivity contribution >= 4 is 5.91 Å². The van der Waals surface area contributed by atoms with Gasteiger partial charge in [0.1, 0.15) is 18.5 Å². The summed E-state index contributed by atoms with van der Waals surface area (Å²) in [6, 6.07) is 10.1. The maximum Gasteiger partial charge on any atom is 0.258 e. The highest BCUT2D eigenvalue weighted by molar-refractivity contribution is 5.78. The molecule has 9 heteroatoms.